The van der Waals surface area contributed by atoms with Crippen LogP contribution in [-0.4, -0.2) is 9.97 Å². The van der Waals surface area contributed by atoms with Gasteiger partial charge in [-0.1, -0.05) is 30.3 Å². The van der Waals surface area contributed by atoms with E-state index in [0.29, 0.717) is 0 Å². The van der Waals surface area contributed by atoms with Crippen molar-refractivity contribution in [3.8, 4) is 32.5 Å². The van der Waals surface area contributed by atoms with Gasteiger partial charge >= 0.3 is 0 Å². The molecule has 0 amide bonds. The number of rotatable bonds is 3. The van der Waals surface area contributed by atoms with Gasteiger partial charge in [-0.15, -0.1) is 22.7 Å². The summed E-state index contributed by atoms with van der Waals surface area (Å²) in [6.07, 6.45) is 0. The van der Waals surface area contributed by atoms with E-state index in [1.54, 1.807) is 34.8 Å². The summed E-state index contributed by atoms with van der Waals surface area (Å²) in [5.41, 5.74) is 3.82. The van der Waals surface area contributed by atoms with Crippen LogP contribution in [0.15, 0.2) is 65.4 Å². The molecule has 0 aliphatic heterocycles. The average molecular weight is 338 g/mol. The summed E-state index contributed by atoms with van der Waals surface area (Å²) in [5, 5.41) is 5.81. The predicted octanol–water partition coefficient (Wildman–Crippen LogP) is 5.74. The number of aromatic nitrogens is 2. The van der Waals surface area contributed by atoms with Gasteiger partial charge in [-0.3, -0.25) is 0 Å². The SMILES string of the molecule is Fc1ccc(-c2csc(-c3nc(-c4ccccc4)cs3)n2)cc1. The maximum atomic E-state index is 13.0. The van der Waals surface area contributed by atoms with Gasteiger partial charge in [0, 0.05) is 21.9 Å². The van der Waals surface area contributed by atoms with Crippen LogP contribution in [0, 0.1) is 5.82 Å². The van der Waals surface area contributed by atoms with E-state index in [9.17, 15) is 4.39 Å². The average Bonchev–Trinajstić information content (AvgIpc) is 3.26. The summed E-state index contributed by atoms with van der Waals surface area (Å²) in [7, 11) is 0. The topological polar surface area (TPSA) is 25.8 Å². The maximum absolute atomic E-state index is 13.0. The summed E-state index contributed by atoms with van der Waals surface area (Å²) in [6.45, 7) is 0. The normalized spacial score (nSPS) is 10.8. The van der Waals surface area contributed by atoms with Crippen molar-refractivity contribution < 1.29 is 4.39 Å². The molecule has 4 rings (SSSR count). The highest BCUT2D eigenvalue weighted by Gasteiger charge is 2.11. The Morgan fingerprint density at radius 3 is 1.74 bits per heavy atom. The fraction of sp³-hybridized carbons (Fsp3) is 0. The molecule has 5 heteroatoms. The van der Waals surface area contributed by atoms with E-state index in [1.165, 1.54) is 12.1 Å². The summed E-state index contributed by atoms with van der Waals surface area (Å²) in [6, 6.07) is 16.5. The van der Waals surface area contributed by atoms with Crippen molar-refractivity contribution >= 4 is 22.7 Å². The molecule has 0 atom stereocenters. The smallest absolute Gasteiger partial charge is 0.152 e. The van der Waals surface area contributed by atoms with Gasteiger partial charge in [0.1, 0.15) is 5.82 Å². The molecule has 0 aliphatic carbocycles. The van der Waals surface area contributed by atoms with Crippen LogP contribution in [0.4, 0.5) is 4.39 Å². The van der Waals surface area contributed by atoms with Crippen molar-refractivity contribution in [3.05, 3.63) is 71.2 Å². The minimum absolute atomic E-state index is 0.239. The van der Waals surface area contributed by atoms with Crippen LogP contribution in [0.3, 0.4) is 0 Å². The van der Waals surface area contributed by atoms with Gasteiger partial charge in [0.05, 0.1) is 11.4 Å². The number of hydrogen-bond donors (Lipinski definition) is 0. The third-order valence-corrected chi connectivity index (χ3v) is 5.23. The van der Waals surface area contributed by atoms with Crippen LogP contribution < -0.4 is 0 Å². The highest BCUT2D eigenvalue weighted by molar-refractivity contribution is 7.20. The summed E-state index contributed by atoms with van der Waals surface area (Å²) in [5.74, 6) is -0.239. The molecule has 0 N–H and O–H groups in total. The molecule has 2 heterocycles. The van der Waals surface area contributed by atoms with Crippen molar-refractivity contribution in [1.29, 1.82) is 0 Å². The standard InChI is InChI=1S/C18H11FN2S2/c19-14-8-6-13(7-9-14)16-11-23-18(21-16)17-20-15(10-22-17)12-4-2-1-3-5-12/h1-11H. The first-order chi connectivity index (χ1) is 11.3. The van der Waals surface area contributed by atoms with E-state index >= 15 is 0 Å². The zero-order valence-electron chi connectivity index (χ0n) is 11.9. The third kappa shape index (κ3) is 2.93. The molecule has 112 valence electrons. The largest absolute Gasteiger partial charge is 0.233 e. The number of hydrogen-bond acceptors (Lipinski definition) is 4. The lowest BCUT2D eigenvalue weighted by Gasteiger charge is -1.95. The van der Waals surface area contributed by atoms with E-state index in [4.69, 9.17) is 0 Å². The Balaban J connectivity index is 1.65. The molecule has 0 saturated heterocycles. The summed E-state index contributed by atoms with van der Waals surface area (Å²) in [4.78, 5) is 9.31. The van der Waals surface area contributed by atoms with Crippen LogP contribution in [0.1, 0.15) is 0 Å². The number of halogens is 1. The van der Waals surface area contributed by atoms with E-state index in [2.05, 4.69) is 9.97 Å². The van der Waals surface area contributed by atoms with Crippen LogP contribution in [0.25, 0.3) is 32.5 Å². The highest BCUT2D eigenvalue weighted by Crippen LogP contribution is 2.33. The van der Waals surface area contributed by atoms with E-state index in [0.717, 1.165) is 32.5 Å². The lowest BCUT2D eigenvalue weighted by Crippen LogP contribution is -1.81. The van der Waals surface area contributed by atoms with Gasteiger partial charge in [0.25, 0.3) is 0 Å². The zero-order chi connectivity index (χ0) is 15.6. The first-order valence-electron chi connectivity index (χ1n) is 7.02. The van der Waals surface area contributed by atoms with Crippen LogP contribution in [0.5, 0.6) is 0 Å². The zero-order valence-corrected chi connectivity index (χ0v) is 13.6. The van der Waals surface area contributed by atoms with Gasteiger partial charge in [-0.2, -0.15) is 0 Å². The first kappa shape index (κ1) is 14.2. The van der Waals surface area contributed by atoms with Crippen molar-refractivity contribution in [1.82, 2.24) is 9.97 Å². The molecule has 2 aromatic heterocycles. The van der Waals surface area contributed by atoms with Crippen molar-refractivity contribution in [2.75, 3.05) is 0 Å². The Labute approximate surface area is 140 Å². The van der Waals surface area contributed by atoms with Gasteiger partial charge in [-0.05, 0) is 24.3 Å². The maximum Gasteiger partial charge on any atom is 0.152 e. The predicted molar refractivity (Wildman–Crippen MR) is 94.1 cm³/mol. The van der Waals surface area contributed by atoms with Gasteiger partial charge in [0.15, 0.2) is 10.0 Å². The second-order valence-electron chi connectivity index (χ2n) is 4.95. The Morgan fingerprint density at radius 2 is 1.17 bits per heavy atom. The van der Waals surface area contributed by atoms with Gasteiger partial charge < -0.3 is 0 Å². The highest BCUT2D eigenvalue weighted by atomic mass is 32.1. The second-order valence-corrected chi connectivity index (χ2v) is 6.66. The number of nitrogens with zero attached hydrogens (tertiary/aromatic N) is 2. The quantitative estimate of drug-likeness (QED) is 0.476. The van der Waals surface area contributed by atoms with E-state index in [1.807, 2.05) is 41.1 Å². The molecular weight excluding hydrogens is 327 g/mol. The molecular formula is C18H11FN2S2. The first-order valence-corrected chi connectivity index (χ1v) is 8.78. The Kier molecular flexibility index (Phi) is 3.73. The molecule has 23 heavy (non-hydrogen) atoms. The molecule has 0 aliphatic rings. The summed E-state index contributed by atoms with van der Waals surface area (Å²) >= 11 is 3.14. The molecule has 0 bridgehead atoms. The Hall–Kier alpha value is -2.37. The number of thiazole rings is 2. The molecule has 0 fully saturated rings. The van der Waals surface area contributed by atoms with Crippen LogP contribution in [-0.2, 0) is 0 Å². The summed E-state index contributed by atoms with van der Waals surface area (Å²) < 4.78 is 13.0. The molecule has 0 saturated carbocycles. The molecule has 0 spiro atoms. The minimum Gasteiger partial charge on any atom is -0.233 e. The Morgan fingerprint density at radius 1 is 0.652 bits per heavy atom. The minimum atomic E-state index is -0.239. The number of benzene rings is 2. The van der Waals surface area contributed by atoms with Gasteiger partial charge in [-0.25, -0.2) is 14.4 Å². The monoisotopic (exact) mass is 338 g/mol. The second kappa shape index (κ2) is 6.02. The van der Waals surface area contributed by atoms with Crippen molar-refractivity contribution in [3.63, 3.8) is 0 Å². The van der Waals surface area contributed by atoms with E-state index < -0.39 is 0 Å². The van der Waals surface area contributed by atoms with Crippen LogP contribution >= 0.6 is 22.7 Å². The third-order valence-electron chi connectivity index (χ3n) is 3.40. The molecule has 4 aromatic rings. The van der Waals surface area contributed by atoms with Gasteiger partial charge in [0.2, 0.25) is 0 Å². The van der Waals surface area contributed by atoms with Crippen LogP contribution in [0.2, 0.25) is 0 Å². The van der Waals surface area contributed by atoms with Crippen molar-refractivity contribution in [2.45, 2.75) is 0 Å². The molecule has 0 radical (unpaired) electrons. The fourth-order valence-electron chi connectivity index (χ4n) is 2.24. The molecule has 0 unspecified atom stereocenters. The molecule has 2 nitrogen and oxygen atoms in total. The van der Waals surface area contributed by atoms with E-state index in [-0.39, 0.29) is 5.82 Å². The Bertz CT molecular complexity index is 927. The van der Waals surface area contributed by atoms with Crippen molar-refractivity contribution in [2.24, 2.45) is 0 Å². The lowest BCUT2D eigenvalue weighted by molar-refractivity contribution is 0.628. The molecule has 2 aromatic carbocycles. The lowest BCUT2D eigenvalue weighted by atomic mass is 10.2. The fourth-order valence-corrected chi connectivity index (χ4v) is 3.95.